The summed E-state index contributed by atoms with van der Waals surface area (Å²) in [5.41, 5.74) is 1.28. The second-order valence-corrected chi connectivity index (χ2v) is 4.71. The maximum atomic E-state index is 13.8. The molecule has 3 nitrogen and oxygen atoms in total. The Balaban J connectivity index is 2.22. The van der Waals surface area contributed by atoms with E-state index in [9.17, 15) is 14.0 Å². The van der Waals surface area contributed by atoms with Gasteiger partial charge in [-0.2, -0.15) is 0 Å². The van der Waals surface area contributed by atoms with Crippen LogP contribution in [0.5, 0.6) is 5.75 Å². The van der Waals surface area contributed by atoms with Gasteiger partial charge in [0.05, 0.1) is 19.1 Å². The van der Waals surface area contributed by atoms with Crippen LogP contribution in [0.15, 0.2) is 42.5 Å². The topological polar surface area (TPSA) is 43.4 Å². The van der Waals surface area contributed by atoms with E-state index in [2.05, 4.69) is 0 Å². The van der Waals surface area contributed by atoms with Crippen molar-refractivity contribution in [3.8, 4) is 5.75 Å². The third-order valence-corrected chi connectivity index (χ3v) is 3.17. The second-order valence-electron chi connectivity index (χ2n) is 4.71. The van der Waals surface area contributed by atoms with E-state index in [0.717, 1.165) is 5.56 Å². The van der Waals surface area contributed by atoms with Crippen molar-refractivity contribution in [2.75, 3.05) is 7.11 Å². The van der Waals surface area contributed by atoms with E-state index in [-0.39, 0.29) is 23.5 Å². The van der Waals surface area contributed by atoms with Crippen LogP contribution in [0.3, 0.4) is 0 Å². The predicted octanol–water partition coefficient (Wildman–Crippen LogP) is 3.60. The summed E-state index contributed by atoms with van der Waals surface area (Å²) in [6.45, 7) is 1.91. The maximum Gasteiger partial charge on any atom is 0.177 e. The van der Waals surface area contributed by atoms with Crippen LogP contribution < -0.4 is 4.74 Å². The van der Waals surface area contributed by atoms with E-state index in [0.29, 0.717) is 5.56 Å². The van der Waals surface area contributed by atoms with Crippen LogP contribution in [-0.2, 0) is 0 Å². The van der Waals surface area contributed by atoms with Gasteiger partial charge in [-0.3, -0.25) is 9.59 Å². The average Bonchev–Trinajstić information content (AvgIpc) is 2.47. The van der Waals surface area contributed by atoms with Crippen LogP contribution >= 0.6 is 0 Å². The molecule has 0 radical (unpaired) electrons. The maximum absolute atomic E-state index is 13.8. The van der Waals surface area contributed by atoms with Crippen molar-refractivity contribution >= 4 is 11.6 Å². The fourth-order valence-electron chi connectivity index (χ4n) is 2.02. The summed E-state index contributed by atoms with van der Waals surface area (Å²) in [7, 11) is 1.35. The molecular formula is C17H15FO3. The van der Waals surface area contributed by atoms with E-state index in [4.69, 9.17) is 4.74 Å². The molecule has 0 saturated carbocycles. The van der Waals surface area contributed by atoms with Gasteiger partial charge >= 0.3 is 0 Å². The lowest BCUT2D eigenvalue weighted by molar-refractivity contribution is 0.0890. The first-order valence-electron chi connectivity index (χ1n) is 6.48. The highest BCUT2D eigenvalue weighted by Crippen LogP contribution is 2.23. The first kappa shape index (κ1) is 14.9. The number of hydrogen-bond acceptors (Lipinski definition) is 3. The summed E-state index contributed by atoms with van der Waals surface area (Å²) in [6.07, 6.45) is -0.389. The van der Waals surface area contributed by atoms with Crippen LogP contribution in [0.4, 0.5) is 4.39 Å². The Morgan fingerprint density at radius 1 is 1.05 bits per heavy atom. The van der Waals surface area contributed by atoms with Crippen LogP contribution in [0, 0.1) is 12.7 Å². The SMILES string of the molecule is COc1cccc(F)c1C(=O)CC(=O)c1ccc(C)cc1. The molecule has 0 saturated heterocycles. The summed E-state index contributed by atoms with van der Waals surface area (Å²) in [4.78, 5) is 24.2. The van der Waals surface area contributed by atoms with Crippen LogP contribution in [0.25, 0.3) is 0 Å². The first-order valence-corrected chi connectivity index (χ1v) is 6.48. The zero-order valence-electron chi connectivity index (χ0n) is 11.9. The van der Waals surface area contributed by atoms with E-state index in [1.807, 2.05) is 6.92 Å². The molecule has 0 atom stereocenters. The number of hydrogen-bond donors (Lipinski definition) is 0. The highest BCUT2D eigenvalue weighted by molar-refractivity contribution is 6.14. The van der Waals surface area contributed by atoms with Gasteiger partial charge in [-0.1, -0.05) is 35.9 Å². The van der Waals surface area contributed by atoms with Gasteiger partial charge in [0, 0.05) is 5.56 Å². The van der Waals surface area contributed by atoms with Gasteiger partial charge in [-0.25, -0.2) is 4.39 Å². The Labute approximate surface area is 122 Å². The quantitative estimate of drug-likeness (QED) is 0.623. The molecule has 0 N–H and O–H groups in total. The van der Waals surface area contributed by atoms with Crippen molar-refractivity contribution < 1.29 is 18.7 Å². The van der Waals surface area contributed by atoms with Crippen molar-refractivity contribution in [1.82, 2.24) is 0 Å². The number of carbonyl (C=O) groups excluding carboxylic acids is 2. The van der Waals surface area contributed by atoms with Gasteiger partial charge in [0.25, 0.3) is 0 Å². The van der Waals surface area contributed by atoms with Crippen molar-refractivity contribution in [2.45, 2.75) is 13.3 Å². The fraction of sp³-hybridized carbons (Fsp3) is 0.176. The van der Waals surface area contributed by atoms with Crippen molar-refractivity contribution in [2.24, 2.45) is 0 Å². The molecule has 0 amide bonds. The standard InChI is InChI=1S/C17H15FO3/c1-11-6-8-12(9-7-11)14(19)10-15(20)17-13(18)4-3-5-16(17)21-2/h3-9H,10H2,1-2H3. The minimum atomic E-state index is -0.684. The first-order chi connectivity index (χ1) is 10.0. The van der Waals surface area contributed by atoms with Gasteiger partial charge < -0.3 is 4.74 Å². The molecule has 2 rings (SSSR count). The van der Waals surface area contributed by atoms with Crippen molar-refractivity contribution in [3.63, 3.8) is 0 Å². The zero-order valence-corrected chi connectivity index (χ0v) is 11.9. The monoisotopic (exact) mass is 286 g/mol. The lowest BCUT2D eigenvalue weighted by Gasteiger charge is -2.08. The fourth-order valence-corrected chi connectivity index (χ4v) is 2.02. The van der Waals surface area contributed by atoms with E-state index in [1.54, 1.807) is 24.3 Å². The highest BCUT2D eigenvalue weighted by atomic mass is 19.1. The molecule has 108 valence electrons. The molecule has 21 heavy (non-hydrogen) atoms. The van der Waals surface area contributed by atoms with E-state index in [1.165, 1.54) is 25.3 Å². The Morgan fingerprint density at radius 3 is 2.33 bits per heavy atom. The summed E-state index contributed by atoms with van der Waals surface area (Å²) in [5, 5.41) is 0. The lowest BCUT2D eigenvalue weighted by Crippen LogP contribution is -2.11. The molecule has 0 aromatic heterocycles. The second kappa shape index (κ2) is 6.31. The van der Waals surface area contributed by atoms with Gasteiger partial charge in [0.2, 0.25) is 0 Å². The number of methoxy groups -OCH3 is 1. The summed E-state index contributed by atoms with van der Waals surface area (Å²) >= 11 is 0. The van der Waals surface area contributed by atoms with E-state index >= 15 is 0 Å². The summed E-state index contributed by atoms with van der Waals surface area (Å²) in [6, 6.07) is 11.0. The Bertz CT molecular complexity index is 675. The molecule has 0 aliphatic rings. The number of rotatable bonds is 5. The van der Waals surface area contributed by atoms with Crippen LogP contribution in [0.1, 0.15) is 32.7 Å². The number of ether oxygens (including phenoxy) is 1. The summed E-state index contributed by atoms with van der Waals surface area (Å²) in [5.74, 6) is -1.48. The van der Waals surface area contributed by atoms with Crippen LogP contribution in [0.2, 0.25) is 0 Å². The molecule has 0 aliphatic carbocycles. The molecule has 2 aromatic carbocycles. The number of benzene rings is 2. The lowest BCUT2D eigenvalue weighted by atomic mass is 10.00. The van der Waals surface area contributed by atoms with Gasteiger partial charge in [-0.15, -0.1) is 0 Å². The van der Waals surface area contributed by atoms with Gasteiger partial charge in [-0.05, 0) is 19.1 Å². The number of ketones is 2. The smallest absolute Gasteiger partial charge is 0.177 e. The minimum absolute atomic E-state index is 0.136. The largest absolute Gasteiger partial charge is 0.496 e. The number of aryl methyl sites for hydroxylation is 1. The Hall–Kier alpha value is -2.49. The molecule has 0 fully saturated rings. The van der Waals surface area contributed by atoms with Crippen molar-refractivity contribution in [1.29, 1.82) is 0 Å². The third kappa shape index (κ3) is 3.34. The average molecular weight is 286 g/mol. The molecular weight excluding hydrogens is 271 g/mol. The molecule has 0 bridgehead atoms. The molecule has 0 unspecified atom stereocenters. The molecule has 4 heteroatoms. The normalized spacial score (nSPS) is 10.2. The van der Waals surface area contributed by atoms with Crippen molar-refractivity contribution in [3.05, 3.63) is 65.0 Å². The van der Waals surface area contributed by atoms with Crippen LogP contribution in [-0.4, -0.2) is 18.7 Å². The Kier molecular flexibility index (Phi) is 4.48. The minimum Gasteiger partial charge on any atom is -0.496 e. The molecule has 0 heterocycles. The summed E-state index contributed by atoms with van der Waals surface area (Å²) < 4.78 is 18.8. The van der Waals surface area contributed by atoms with E-state index < -0.39 is 11.6 Å². The molecule has 0 aliphatic heterocycles. The zero-order chi connectivity index (χ0) is 15.4. The number of carbonyl (C=O) groups is 2. The third-order valence-electron chi connectivity index (χ3n) is 3.17. The highest BCUT2D eigenvalue weighted by Gasteiger charge is 2.20. The molecule has 0 spiro atoms. The predicted molar refractivity (Wildman–Crippen MR) is 77.4 cm³/mol. The Morgan fingerprint density at radius 2 is 1.71 bits per heavy atom. The van der Waals surface area contributed by atoms with Gasteiger partial charge in [0.1, 0.15) is 11.6 Å². The van der Waals surface area contributed by atoms with Gasteiger partial charge in [0.15, 0.2) is 11.6 Å². The number of Topliss-reactive ketones (excluding diaryl/α,β-unsaturated/α-hetero) is 2. The molecule has 2 aromatic rings. The number of halogens is 1.